The second-order valence-electron chi connectivity index (χ2n) is 5.95. The fourth-order valence-electron chi connectivity index (χ4n) is 2.25. The summed E-state index contributed by atoms with van der Waals surface area (Å²) in [6.45, 7) is 5.04. The number of aryl methyl sites for hydroxylation is 1. The molecule has 0 spiro atoms. The van der Waals surface area contributed by atoms with Crippen molar-refractivity contribution in [3.63, 3.8) is 0 Å². The molecular weight excluding hydrogens is 417 g/mol. The molecule has 1 radical (unpaired) electrons. The molecule has 1 aromatic carbocycles. The Hall–Kier alpha value is -2.82. The third-order valence-electron chi connectivity index (χ3n) is 3.83. The highest BCUT2D eigenvalue weighted by atomic mass is 35.5. The number of nitrogens with zero attached hydrogens (tertiary/aromatic N) is 4. The highest BCUT2D eigenvalue weighted by Crippen LogP contribution is 2.40. The van der Waals surface area contributed by atoms with Crippen LogP contribution in [0.3, 0.4) is 0 Å². The molecule has 1 heterocycles. The predicted octanol–water partition coefficient (Wildman–Crippen LogP) is 5.50. The quantitative estimate of drug-likeness (QED) is 0.327. The van der Waals surface area contributed by atoms with Crippen LogP contribution < -0.4 is 4.74 Å². The summed E-state index contributed by atoms with van der Waals surface area (Å²) in [5, 5.41) is 18.1. The van der Waals surface area contributed by atoms with Crippen LogP contribution >= 0.6 is 11.6 Å². The third-order valence-corrected chi connectivity index (χ3v) is 4.17. The number of ether oxygens (including phenoxy) is 1. The minimum Gasteiger partial charge on any atom is -0.436 e. The Labute approximate surface area is 169 Å². The van der Waals surface area contributed by atoms with Gasteiger partial charge in [0.1, 0.15) is 10.8 Å². The Morgan fingerprint density at radius 2 is 2.03 bits per heavy atom. The van der Waals surface area contributed by atoms with Gasteiger partial charge in [0.05, 0.1) is 16.2 Å². The summed E-state index contributed by atoms with van der Waals surface area (Å²) in [6.07, 6.45) is -3.53. The molecular formula is C17H17ClF3N4O4. The lowest BCUT2D eigenvalue weighted by Crippen LogP contribution is -2.12. The second-order valence-corrected chi connectivity index (χ2v) is 6.33. The molecule has 1 aromatic heterocycles. The van der Waals surface area contributed by atoms with Gasteiger partial charge >= 0.3 is 6.18 Å². The van der Waals surface area contributed by atoms with Gasteiger partial charge in [-0.3, -0.25) is 14.8 Å². The maximum atomic E-state index is 13.0. The normalized spacial score (nSPS) is 12.4. The van der Waals surface area contributed by atoms with E-state index in [0.29, 0.717) is 17.2 Å². The topological polar surface area (TPSA) is 91.8 Å². The standard InChI is InChI=1S/C17H17ClF3N4O4/c1-5-9(2)29-23-10(3)12-8-11(6-7-13(12)25(26)27)28-16-14(18)15(17(19,20)21)24(4)22-16/h6-8H,5H2,1-4H3. The van der Waals surface area contributed by atoms with Gasteiger partial charge in [0, 0.05) is 13.1 Å². The summed E-state index contributed by atoms with van der Waals surface area (Å²) < 4.78 is 45.0. The first kappa shape index (κ1) is 22.5. The summed E-state index contributed by atoms with van der Waals surface area (Å²) in [5.41, 5.74) is -1.20. The average molecular weight is 434 g/mol. The lowest BCUT2D eigenvalue weighted by molar-refractivity contribution is -0.385. The number of hydrogen-bond donors (Lipinski definition) is 0. The average Bonchev–Trinajstić information content (AvgIpc) is 2.92. The Kier molecular flexibility index (Phi) is 6.73. The minimum atomic E-state index is -4.73. The number of aromatic nitrogens is 2. The summed E-state index contributed by atoms with van der Waals surface area (Å²) in [7, 11) is 1.07. The largest absolute Gasteiger partial charge is 0.436 e. The highest BCUT2D eigenvalue weighted by Gasteiger charge is 2.39. The van der Waals surface area contributed by atoms with Crippen molar-refractivity contribution < 1.29 is 27.7 Å². The first-order chi connectivity index (χ1) is 13.5. The zero-order chi connectivity index (χ0) is 21.9. The van der Waals surface area contributed by atoms with Crippen molar-refractivity contribution in [3.05, 3.63) is 50.7 Å². The van der Waals surface area contributed by atoms with Gasteiger partial charge in [-0.05, 0) is 32.4 Å². The second kappa shape index (κ2) is 8.68. The molecule has 0 unspecified atom stereocenters. The number of nitro benzene ring substituents is 1. The zero-order valence-electron chi connectivity index (χ0n) is 15.9. The number of hydrogen-bond acceptors (Lipinski definition) is 6. The molecule has 0 saturated carbocycles. The molecule has 2 aromatic rings. The van der Waals surface area contributed by atoms with E-state index >= 15 is 0 Å². The van der Waals surface area contributed by atoms with Crippen LogP contribution in [-0.4, -0.2) is 20.4 Å². The molecule has 0 N–H and O–H groups in total. The lowest BCUT2D eigenvalue weighted by Gasteiger charge is -2.09. The molecule has 8 nitrogen and oxygen atoms in total. The highest BCUT2D eigenvalue weighted by molar-refractivity contribution is 6.32. The van der Waals surface area contributed by atoms with Crippen LogP contribution in [0.4, 0.5) is 18.9 Å². The smallest absolute Gasteiger partial charge is 0.434 e. The van der Waals surface area contributed by atoms with Crippen molar-refractivity contribution in [1.82, 2.24) is 9.78 Å². The molecule has 0 fully saturated rings. The van der Waals surface area contributed by atoms with E-state index in [1.165, 1.54) is 19.1 Å². The molecule has 12 heteroatoms. The van der Waals surface area contributed by atoms with Crippen LogP contribution in [0.2, 0.25) is 5.02 Å². The van der Waals surface area contributed by atoms with E-state index in [9.17, 15) is 23.3 Å². The van der Waals surface area contributed by atoms with Crippen LogP contribution in [0, 0.1) is 16.2 Å². The first-order valence-electron chi connectivity index (χ1n) is 8.26. The van der Waals surface area contributed by atoms with Crippen LogP contribution in [0.15, 0.2) is 23.4 Å². The van der Waals surface area contributed by atoms with E-state index in [1.54, 1.807) is 6.92 Å². The molecule has 0 amide bonds. The van der Waals surface area contributed by atoms with Gasteiger partial charge in [-0.25, -0.2) is 0 Å². The monoisotopic (exact) mass is 433 g/mol. The van der Waals surface area contributed by atoms with Gasteiger partial charge in [0.15, 0.2) is 11.8 Å². The van der Waals surface area contributed by atoms with E-state index in [0.717, 1.165) is 13.1 Å². The van der Waals surface area contributed by atoms with Gasteiger partial charge < -0.3 is 9.57 Å². The number of oxime groups is 1. The van der Waals surface area contributed by atoms with E-state index in [1.807, 2.05) is 6.92 Å². The van der Waals surface area contributed by atoms with Gasteiger partial charge in [-0.2, -0.15) is 13.2 Å². The van der Waals surface area contributed by atoms with Crippen molar-refractivity contribution in [2.75, 3.05) is 0 Å². The van der Waals surface area contributed by atoms with Crippen LogP contribution in [0.1, 0.15) is 38.4 Å². The molecule has 29 heavy (non-hydrogen) atoms. The molecule has 2 rings (SSSR count). The fourth-order valence-corrected chi connectivity index (χ4v) is 2.55. The molecule has 0 atom stereocenters. The molecule has 157 valence electrons. The van der Waals surface area contributed by atoms with E-state index in [-0.39, 0.29) is 22.7 Å². The Balaban J connectivity index is 2.43. The van der Waals surface area contributed by atoms with Gasteiger partial charge in [-0.15, -0.1) is 5.10 Å². The van der Waals surface area contributed by atoms with Crippen molar-refractivity contribution in [3.8, 4) is 11.6 Å². The van der Waals surface area contributed by atoms with Crippen molar-refractivity contribution in [2.24, 2.45) is 12.2 Å². The van der Waals surface area contributed by atoms with Crippen molar-refractivity contribution in [1.29, 1.82) is 0 Å². The first-order valence-corrected chi connectivity index (χ1v) is 8.63. The van der Waals surface area contributed by atoms with Crippen molar-refractivity contribution in [2.45, 2.75) is 33.4 Å². The molecule has 0 aliphatic rings. The predicted molar refractivity (Wildman–Crippen MR) is 98.9 cm³/mol. The molecule has 0 bridgehead atoms. The summed E-state index contributed by atoms with van der Waals surface area (Å²) >= 11 is 5.77. The van der Waals surface area contributed by atoms with Gasteiger partial charge in [0.2, 0.25) is 0 Å². The van der Waals surface area contributed by atoms with Crippen LogP contribution in [0.25, 0.3) is 0 Å². The van der Waals surface area contributed by atoms with E-state index in [2.05, 4.69) is 10.3 Å². The van der Waals surface area contributed by atoms with Crippen LogP contribution in [-0.2, 0) is 18.1 Å². The third kappa shape index (κ3) is 5.17. The maximum absolute atomic E-state index is 13.0. The SMILES string of the molecule is CC[C](C)ON=C(C)c1cc(Oc2nn(C)c(C(F)(F)F)c2Cl)ccc1[N+](=O)[O-]. The number of nitro groups is 1. The number of halogens is 4. The van der Waals surface area contributed by atoms with Gasteiger partial charge in [0.25, 0.3) is 11.6 Å². The van der Waals surface area contributed by atoms with Crippen LogP contribution in [0.5, 0.6) is 11.6 Å². The number of benzene rings is 1. The molecule has 0 saturated heterocycles. The Morgan fingerprint density at radius 3 is 2.55 bits per heavy atom. The lowest BCUT2D eigenvalue weighted by atomic mass is 10.1. The molecule has 0 aliphatic carbocycles. The maximum Gasteiger partial charge on any atom is 0.434 e. The van der Waals surface area contributed by atoms with Crippen molar-refractivity contribution >= 4 is 23.0 Å². The number of rotatable bonds is 7. The minimum absolute atomic E-state index is 0.00920. The number of alkyl halides is 3. The zero-order valence-corrected chi connectivity index (χ0v) is 16.6. The Morgan fingerprint density at radius 1 is 1.38 bits per heavy atom. The van der Waals surface area contributed by atoms with E-state index < -0.39 is 27.7 Å². The van der Waals surface area contributed by atoms with Gasteiger partial charge in [-0.1, -0.05) is 23.7 Å². The Bertz CT molecular complexity index is 943. The van der Waals surface area contributed by atoms with E-state index in [4.69, 9.17) is 21.2 Å². The summed E-state index contributed by atoms with van der Waals surface area (Å²) in [6, 6.07) is 3.61. The fraction of sp³-hybridized carbons (Fsp3) is 0.353. The molecule has 0 aliphatic heterocycles. The summed E-state index contributed by atoms with van der Waals surface area (Å²) in [4.78, 5) is 15.8. The summed E-state index contributed by atoms with van der Waals surface area (Å²) in [5.74, 6) is -0.493.